The number of anilines is 2. The largest absolute Gasteiger partial charge is 0.489 e. The van der Waals surface area contributed by atoms with Crippen molar-refractivity contribution >= 4 is 40.5 Å². The maximum Gasteiger partial charge on any atom is 0.138 e. The molecule has 7 nitrogen and oxygen atoms in total. The predicted molar refractivity (Wildman–Crippen MR) is 133 cm³/mol. The lowest BCUT2D eigenvalue weighted by atomic mass is 10.1. The maximum atomic E-state index is 6.53. The molecule has 1 aliphatic heterocycles. The quantitative estimate of drug-likeness (QED) is 0.471. The highest BCUT2D eigenvalue weighted by Crippen LogP contribution is 2.38. The summed E-state index contributed by atoms with van der Waals surface area (Å²) in [5.41, 5.74) is 5.64. The minimum Gasteiger partial charge on any atom is -0.489 e. The van der Waals surface area contributed by atoms with Gasteiger partial charge in [-0.25, -0.2) is 4.98 Å². The van der Waals surface area contributed by atoms with E-state index in [9.17, 15) is 0 Å². The van der Waals surface area contributed by atoms with Crippen molar-refractivity contribution in [3.8, 4) is 11.5 Å². The molecule has 170 valence electrons. The van der Waals surface area contributed by atoms with Crippen molar-refractivity contribution in [3.63, 3.8) is 0 Å². The molecule has 4 rings (SSSR count). The summed E-state index contributed by atoms with van der Waals surface area (Å²) in [5.74, 6) is 1.46. The van der Waals surface area contributed by atoms with Crippen molar-refractivity contribution < 1.29 is 9.47 Å². The van der Waals surface area contributed by atoms with Gasteiger partial charge in [0.05, 0.1) is 27.5 Å². The van der Waals surface area contributed by atoms with E-state index in [2.05, 4.69) is 32.8 Å². The second-order valence-electron chi connectivity index (χ2n) is 7.64. The van der Waals surface area contributed by atoms with Gasteiger partial charge in [0.2, 0.25) is 0 Å². The number of aliphatic imine (C=N–C) groups is 1. The Morgan fingerprint density at radius 2 is 2.06 bits per heavy atom. The van der Waals surface area contributed by atoms with Gasteiger partial charge in [-0.05, 0) is 51.4 Å². The summed E-state index contributed by atoms with van der Waals surface area (Å²) in [4.78, 5) is 13.0. The molecule has 0 spiro atoms. The number of nitrogens with zero attached hydrogens (tertiary/aromatic N) is 4. The fourth-order valence-corrected chi connectivity index (χ4v) is 4.29. The number of benzene rings is 2. The SMILES string of the molecule is C[C@H](CN(C)C)Oc1cccc2c1C=NCN2c1ccc(OCc2cscn2)c(Cl)c1.N. The molecule has 0 radical (unpaired) electrons. The number of likely N-dealkylation sites (N-methyl/N-ethyl adjacent to an activating group) is 1. The van der Waals surface area contributed by atoms with E-state index in [1.165, 1.54) is 0 Å². The molecular formula is C23H28ClN5O2S. The predicted octanol–water partition coefficient (Wildman–Crippen LogP) is 5.39. The molecule has 1 aliphatic rings. The average molecular weight is 474 g/mol. The maximum absolute atomic E-state index is 6.53. The lowest BCUT2D eigenvalue weighted by molar-refractivity contribution is 0.176. The van der Waals surface area contributed by atoms with Crippen LogP contribution in [0.3, 0.4) is 0 Å². The van der Waals surface area contributed by atoms with Crippen molar-refractivity contribution in [2.24, 2.45) is 4.99 Å². The summed E-state index contributed by atoms with van der Waals surface area (Å²) in [6.45, 7) is 3.81. The van der Waals surface area contributed by atoms with E-state index in [0.717, 1.165) is 34.9 Å². The molecule has 2 heterocycles. The van der Waals surface area contributed by atoms with Gasteiger partial charge in [0.25, 0.3) is 0 Å². The van der Waals surface area contributed by atoms with Crippen LogP contribution >= 0.6 is 22.9 Å². The van der Waals surface area contributed by atoms with Crippen LogP contribution in [0.5, 0.6) is 11.5 Å². The third kappa shape index (κ3) is 5.58. The molecule has 0 unspecified atom stereocenters. The van der Waals surface area contributed by atoms with Crippen LogP contribution in [-0.4, -0.2) is 49.5 Å². The summed E-state index contributed by atoms with van der Waals surface area (Å²) in [7, 11) is 4.08. The minimum atomic E-state index is 0. The van der Waals surface area contributed by atoms with Crippen LogP contribution in [0.2, 0.25) is 5.02 Å². The van der Waals surface area contributed by atoms with E-state index in [0.29, 0.717) is 24.0 Å². The molecule has 32 heavy (non-hydrogen) atoms. The molecule has 1 atom stereocenters. The van der Waals surface area contributed by atoms with Gasteiger partial charge in [0, 0.05) is 23.8 Å². The average Bonchev–Trinajstić information content (AvgIpc) is 3.26. The highest BCUT2D eigenvalue weighted by atomic mass is 35.5. The third-order valence-electron chi connectivity index (χ3n) is 4.81. The van der Waals surface area contributed by atoms with Crippen LogP contribution in [0.25, 0.3) is 0 Å². The van der Waals surface area contributed by atoms with Crippen molar-refractivity contribution in [1.29, 1.82) is 0 Å². The van der Waals surface area contributed by atoms with Gasteiger partial charge in [0.15, 0.2) is 0 Å². The number of ether oxygens (including phenoxy) is 2. The number of halogens is 1. The number of aromatic nitrogens is 1. The zero-order valence-electron chi connectivity index (χ0n) is 18.5. The van der Waals surface area contributed by atoms with E-state index in [1.54, 1.807) is 16.8 Å². The number of rotatable bonds is 8. The van der Waals surface area contributed by atoms with Crippen LogP contribution < -0.4 is 20.5 Å². The fraction of sp³-hybridized carbons (Fsp3) is 0.304. The Hall–Kier alpha value is -2.65. The topological polar surface area (TPSA) is 85.2 Å². The molecule has 3 N–H and O–H groups in total. The molecule has 3 aromatic rings. The second kappa shape index (κ2) is 10.8. The monoisotopic (exact) mass is 473 g/mol. The van der Waals surface area contributed by atoms with Gasteiger partial charge in [0.1, 0.15) is 30.9 Å². The third-order valence-corrected chi connectivity index (χ3v) is 5.74. The Balaban J connectivity index is 0.00000289. The molecule has 0 saturated carbocycles. The lowest BCUT2D eigenvalue weighted by Gasteiger charge is -2.29. The van der Waals surface area contributed by atoms with Crippen LogP contribution in [0.1, 0.15) is 18.2 Å². The summed E-state index contributed by atoms with van der Waals surface area (Å²) >= 11 is 8.07. The minimum absolute atomic E-state index is 0. The molecule has 0 fully saturated rings. The summed E-state index contributed by atoms with van der Waals surface area (Å²) in [6, 6.07) is 11.9. The van der Waals surface area contributed by atoms with Crippen molar-refractivity contribution in [3.05, 3.63) is 63.6 Å². The first-order valence-electron chi connectivity index (χ1n) is 10.0. The lowest BCUT2D eigenvalue weighted by Crippen LogP contribution is -2.29. The second-order valence-corrected chi connectivity index (χ2v) is 8.77. The van der Waals surface area contributed by atoms with E-state index >= 15 is 0 Å². The highest BCUT2D eigenvalue weighted by molar-refractivity contribution is 7.07. The van der Waals surface area contributed by atoms with Gasteiger partial charge in [-0.3, -0.25) is 4.99 Å². The summed E-state index contributed by atoms with van der Waals surface area (Å²) in [6.07, 6.45) is 1.95. The molecule has 0 amide bonds. The first-order valence-corrected chi connectivity index (χ1v) is 11.3. The number of thiazole rings is 1. The van der Waals surface area contributed by atoms with E-state index in [-0.39, 0.29) is 12.3 Å². The zero-order chi connectivity index (χ0) is 21.8. The van der Waals surface area contributed by atoms with Gasteiger partial charge in [-0.2, -0.15) is 0 Å². The number of hydrogen-bond donors (Lipinski definition) is 1. The summed E-state index contributed by atoms with van der Waals surface area (Å²) in [5, 5.41) is 2.51. The van der Waals surface area contributed by atoms with Crippen molar-refractivity contribution in [1.82, 2.24) is 16.0 Å². The zero-order valence-corrected chi connectivity index (χ0v) is 20.1. The molecule has 0 bridgehead atoms. The Morgan fingerprint density at radius 3 is 2.78 bits per heavy atom. The van der Waals surface area contributed by atoms with Crippen LogP contribution in [0.4, 0.5) is 11.4 Å². The Labute approximate surface area is 197 Å². The standard InChI is InChI=1S/C23H25ClN4O2S.H3N/c1-16(11-27(2)3)30-22-6-4-5-21-19(22)10-25-14-28(21)18-7-8-23(20(24)9-18)29-12-17-13-31-15-26-17;/h4-10,13,15-16H,11-12,14H2,1-3H3;1H3/t16-;/m1./s1. The Bertz CT molecular complexity index is 1060. The molecule has 0 aliphatic carbocycles. The van der Waals surface area contributed by atoms with Gasteiger partial charge in [-0.15, -0.1) is 11.3 Å². The van der Waals surface area contributed by atoms with E-state index < -0.39 is 0 Å². The van der Waals surface area contributed by atoms with Crippen molar-refractivity contribution in [2.45, 2.75) is 19.6 Å². The van der Waals surface area contributed by atoms with Crippen LogP contribution in [0, 0.1) is 0 Å². The normalized spacial score (nSPS) is 13.5. The number of fused-ring (bicyclic) bond motifs is 1. The molecule has 9 heteroatoms. The van der Waals surface area contributed by atoms with Crippen LogP contribution in [-0.2, 0) is 6.61 Å². The molecule has 0 saturated heterocycles. The van der Waals surface area contributed by atoms with Gasteiger partial charge in [-0.1, -0.05) is 17.7 Å². The molecule has 1 aromatic heterocycles. The van der Waals surface area contributed by atoms with Crippen LogP contribution in [0.15, 0.2) is 52.3 Å². The fourth-order valence-electron chi connectivity index (χ4n) is 3.51. The first kappa shape index (κ1) is 24.0. The van der Waals surface area contributed by atoms with Gasteiger partial charge < -0.3 is 25.4 Å². The molecular weight excluding hydrogens is 446 g/mol. The smallest absolute Gasteiger partial charge is 0.138 e. The van der Waals surface area contributed by atoms with E-state index in [4.69, 9.17) is 21.1 Å². The highest BCUT2D eigenvalue weighted by Gasteiger charge is 2.21. The molecule has 2 aromatic carbocycles. The summed E-state index contributed by atoms with van der Waals surface area (Å²) < 4.78 is 12.0. The number of hydrogen-bond acceptors (Lipinski definition) is 8. The van der Waals surface area contributed by atoms with Gasteiger partial charge >= 0.3 is 0 Å². The Kier molecular flexibility index (Phi) is 8.09. The van der Waals surface area contributed by atoms with Crippen molar-refractivity contribution in [2.75, 3.05) is 32.2 Å². The Morgan fingerprint density at radius 1 is 1.22 bits per heavy atom. The first-order chi connectivity index (χ1) is 15.0. The van der Waals surface area contributed by atoms with E-state index in [1.807, 2.05) is 56.0 Å².